The fourth-order valence-corrected chi connectivity index (χ4v) is 4.05. The Balaban J connectivity index is 1.84. The number of carbonyl (C=O) groups excluding carboxylic acids is 2. The summed E-state index contributed by atoms with van der Waals surface area (Å²) >= 11 is 0. The molecule has 2 amide bonds. The Hall–Kier alpha value is -2.64. The maximum atomic E-state index is 12.1. The SMILES string of the molecule is CNC(=O)c1cccnc1N1CCC2(CC1)[C@H](C(=O)O)CC(=O)N2C. The largest absolute Gasteiger partial charge is 0.481 e. The van der Waals surface area contributed by atoms with Gasteiger partial charge in [-0.1, -0.05) is 0 Å². The third-order valence-corrected chi connectivity index (χ3v) is 5.55. The van der Waals surface area contributed by atoms with Gasteiger partial charge in [0.15, 0.2) is 0 Å². The van der Waals surface area contributed by atoms with Gasteiger partial charge in [-0.05, 0) is 25.0 Å². The van der Waals surface area contributed by atoms with Crippen LogP contribution < -0.4 is 10.2 Å². The molecule has 1 atom stereocenters. The van der Waals surface area contributed by atoms with E-state index in [1.165, 1.54) is 0 Å². The lowest BCUT2D eigenvalue weighted by Crippen LogP contribution is -2.56. The monoisotopic (exact) mass is 346 g/mol. The third kappa shape index (κ3) is 2.71. The van der Waals surface area contributed by atoms with Gasteiger partial charge in [-0.2, -0.15) is 0 Å². The van der Waals surface area contributed by atoms with E-state index in [0.29, 0.717) is 37.3 Å². The minimum atomic E-state index is -0.921. The van der Waals surface area contributed by atoms with E-state index in [1.807, 2.05) is 4.90 Å². The van der Waals surface area contributed by atoms with Gasteiger partial charge in [-0.25, -0.2) is 4.98 Å². The molecule has 0 bridgehead atoms. The topological polar surface area (TPSA) is 103 Å². The number of aromatic nitrogens is 1. The lowest BCUT2D eigenvalue weighted by molar-refractivity contribution is -0.145. The van der Waals surface area contributed by atoms with Crippen molar-refractivity contribution in [3.05, 3.63) is 23.9 Å². The van der Waals surface area contributed by atoms with Crippen LogP contribution in [0.2, 0.25) is 0 Å². The number of piperidine rings is 1. The van der Waals surface area contributed by atoms with E-state index in [1.54, 1.807) is 37.3 Å². The molecule has 0 aliphatic carbocycles. The molecule has 2 fully saturated rings. The van der Waals surface area contributed by atoms with Crippen LogP contribution in [-0.4, -0.2) is 65.5 Å². The number of likely N-dealkylation sites (tertiary alicyclic amines) is 1. The molecule has 0 radical (unpaired) electrons. The van der Waals surface area contributed by atoms with Crippen molar-refractivity contribution in [3.8, 4) is 0 Å². The van der Waals surface area contributed by atoms with Gasteiger partial charge in [0.25, 0.3) is 5.91 Å². The van der Waals surface area contributed by atoms with Crippen molar-refractivity contribution < 1.29 is 19.5 Å². The number of nitrogens with zero attached hydrogens (tertiary/aromatic N) is 3. The molecule has 8 heteroatoms. The number of anilines is 1. The molecule has 3 rings (SSSR count). The first-order valence-corrected chi connectivity index (χ1v) is 8.32. The fraction of sp³-hybridized carbons (Fsp3) is 0.529. The van der Waals surface area contributed by atoms with E-state index >= 15 is 0 Å². The zero-order valence-corrected chi connectivity index (χ0v) is 14.4. The molecule has 1 aromatic heterocycles. The minimum Gasteiger partial charge on any atom is -0.481 e. The van der Waals surface area contributed by atoms with E-state index < -0.39 is 17.4 Å². The molecule has 2 N–H and O–H groups in total. The van der Waals surface area contributed by atoms with Crippen LogP contribution in [0.15, 0.2) is 18.3 Å². The summed E-state index contributed by atoms with van der Waals surface area (Å²) in [6.45, 7) is 1.09. The number of pyridine rings is 1. The summed E-state index contributed by atoms with van der Waals surface area (Å²) < 4.78 is 0. The van der Waals surface area contributed by atoms with Crippen LogP contribution in [0.25, 0.3) is 0 Å². The summed E-state index contributed by atoms with van der Waals surface area (Å²) in [5, 5.41) is 12.1. The molecule has 2 aliphatic rings. The summed E-state index contributed by atoms with van der Waals surface area (Å²) in [5.41, 5.74) is -0.159. The van der Waals surface area contributed by atoms with Gasteiger partial charge in [0.2, 0.25) is 5.91 Å². The van der Waals surface area contributed by atoms with E-state index in [4.69, 9.17) is 0 Å². The molecule has 134 valence electrons. The maximum Gasteiger partial charge on any atom is 0.309 e. The van der Waals surface area contributed by atoms with Crippen LogP contribution in [0.3, 0.4) is 0 Å². The molecule has 25 heavy (non-hydrogen) atoms. The zero-order chi connectivity index (χ0) is 18.2. The Morgan fingerprint density at radius 3 is 2.64 bits per heavy atom. The predicted octanol–water partition coefficient (Wildman–Crippen LogP) is 0.343. The standard InChI is InChI=1S/C17H22N4O4/c1-18-15(23)11-4-3-7-19-14(11)21-8-5-17(6-9-21)12(16(24)25)10-13(22)20(17)2/h3-4,7,12H,5-6,8-10H2,1-2H3,(H,18,23)(H,24,25)/t12-/m0/s1. The van der Waals surface area contributed by atoms with E-state index in [-0.39, 0.29) is 18.2 Å². The lowest BCUT2D eigenvalue weighted by atomic mass is 9.77. The first kappa shape index (κ1) is 17.2. The van der Waals surface area contributed by atoms with Gasteiger partial charge in [-0.15, -0.1) is 0 Å². The Morgan fingerprint density at radius 1 is 1.36 bits per heavy atom. The first-order chi connectivity index (χ1) is 11.9. The molecule has 0 saturated carbocycles. The average Bonchev–Trinajstić information content (AvgIpc) is 2.87. The lowest BCUT2D eigenvalue weighted by Gasteiger charge is -2.46. The number of aliphatic carboxylic acids is 1. The summed E-state index contributed by atoms with van der Waals surface area (Å²) in [6, 6.07) is 3.43. The van der Waals surface area contributed by atoms with E-state index in [0.717, 1.165) is 0 Å². The normalized spacial score (nSPS) is 22.3. The van der Waals surface area contributed by atoms with Crippen molar-refractivity contribution in [1.29, 1.82) is 0 Å². The van der Waals surface area contributed by atoms with Crippen molar-refractivity contribution in [3.63, 3.8) is 0 Å². The Bertz CT molecular complexity index is 712. The number of rotatable bonds is 3. The van der Waals surface area contributed by atoms with Gasteiger partial charge in [0, 0.05) is 39.8 Å². The zero-order valence-electron chi connectivity index (χ0n) is 14.4. The summed E-state index contributed by atoms with van der Waals surface area (Å²) in [4.78, 5) is 43.7. The number of carboxylic acids is 1. The number of amides is 2. The second kappa shape index (κ2) is 6.34. The Kier molecular flexibility index (Phi) is 4.36. The molecule has 1 aromatic rings. The first-order valence-electron chi connectivity index (χ1n) is 8.32. The average molecular weight is 346 g/mol. The Labute approximate surface area is 145 Å². The van der Waals surface area contributed by atoms with Gasteiger partial charge in [0.1, 0.15) is 5.82 Å². The quantitative estimate of drug-likeness (QED) is 0.818. The van der Waals surface area contributed by atoms with Crippen molar-refractivity contribution in [2.24, 2.45) is 5.92 Å². The van der Waals surface area contributed by atoms with Crippen molar-refractivity contribution in [2.45, 2.75) is 24.8 Å². The molecule has 8 nitrogen and oxygen atoms in total. The van der Waals surface area contributed by atoms with Crippen molar-refractivity contribution >= 4 is 23.6 Å². The number of nitrogens with one attached hydrogen (secondary N) is 1. The minimum absolute atomic E-state index is 0.0545. The third-order valence-electron chi connectivity index (χ3n) is 5.55. The number of hydrogen-bond donors (Lipinski definition) is 2. The molecule has 1 spiro atoms. The fourth-order valence-electron chi connectivity index (χ4n) is 4.05. The van der Waals surface area contributed by atoms with Crippen LogP contribution >= 0.6 is 0 Å². The van der Waals surface area contributed by atoms with Gasteiger partial charge < -0.3 is 20.2 Å². The highest BCUT2D eigenvalue weighted by atomic mass is 16.4. The molecular formula is C17H22N4O4. The number of carboxylic acid groups (broad SMARTS) is 1. The highest BCUT2D eigenvalue weighted by Gasteiger charge is 2.55. The molecule has 0 unspecified atom stereocenters. The number of hydrogen-bond acceptors (Lipinski definition) is 5. The van der Waals surface area contributed by atoms with E-state index in [9.17, 15) is 19.5 Å². The van der Waals surface area contributed by atoms with Crippen LogP contribution in [0.4, 0.5) is 5.82 Å². The molecule has 2 aliphatic heterocycles. The second-order valence-corrected chi connectivity index (χ2v) is 6.59. The smallest absolute Gasteiger partial charge is 0.309 e. The van der Waals surface area contributed by atoms with Crippen LogP contribution in [0.5, 0.6) is 0 Å². The van der Waals surface area contributed by atoms with Crippen LogP contribution in [0, 0.1) is 5.92 Å². The summed E-state index contributed by atoms with van der Waals surface area (Å²) in [6.07, 6.45) is 2.77. The van der Waals surface area contributed by atoms with Gasteiger partial charge >= 0.3 is 5.97 Å². The molecule has 2 saturated heterocycles. The van der Waals surface area contributed by atoms with E-state index in [2.05, 4.69) is 10.3 Å². The molecule has 3 heterocycles. The van der Waals surface area contributed by atoms with Crippen molar-refractivity contribution in [2.75, 3.05) is 32.1 Å². The van der Waals surface area contributed by atoms with Crippen molar-refractivity contribution in [1.82, 2.24) is 15.2 Å². The molecule has 0 aromatic carbocycles. The predicted molar refractivity (Wildman–Crippen MR) is 90.3 cm³/mol. The van der Waals surface area contributed by atoms with Crippen LogP contribution in [-0.2, 0) is 9.59 Å². The maximum absolute atomic E-state index is 12.1. The van der Waals surface area contributed by atoms with Crippen LogP contribution in [0.1, 0.15) is 29.6 Å². The second-order valence-electron chi connectivity index (χ2n) is 6.59. The summed E-state index contributed by atoms with van der Waals surface area (Å²) in [5.74, 6) is -1.34. The van der Waals surface area contributed by atoms with Gasteiger partial charge in [-0.3, -0.25) is 14.4 Å². The van der Waals surface area contributed by atoms with Gasteiger partial charge in [0.05, 0.1) is 17.0 Å². The Morgan fingerprint density at radius 2 is 2.04 bits per heavy atom. The number of carbonyl (C=O) groups is 3. The molecular weight excluding hydrogens is 324 g/mol. The highest BCUT2D eigenvalue weighted by Crippen LogP contribution is 2.43. The summed E-state index contributed by atoms with van der Waals surface area (Å²) in [7, 11) is 3.26. The highest BCUT2D eigenvalue weighted by molar-refractivity contribution is 5.98.